The Hall–Kier alpha value is -0.880. The Kier molecular flexibility index (Phi) is 5.35. The van der Waals surface area contributed by atoms with Crippen molar-refractivity contribution in [1.29, 1.82) is 0 Å². The van der Waals surface area contributed by atoms with E-state index in [1.165, 1.54) is 6.42 Å². The second kappa shape index (κ2) is 7.16. The number of fused-ring (bicyclic) bond motifs is 1. The molecule has 1 amide bonds. The van der Waals surface area contributed by atoms with Crippen molar-refractivity contribution in [2.24, 2.45) is 17.8 Å². The first-order valence-electron chi connectivity index (χ1n) is 8.90. The summed E-state index contributed by atoms with van der Waals surface area (Å²) in [5.74, 6) is -1.41. The van der Waals surface area contributed by atoms with Crippen LogP contribution in [-0.2, 0) is 4.79 Å². The molecule has 0 aromatic heterocycles. The van der Waals surface area contributed by atoms with E-state index < -0.39 is 49.1 Å². The number of alkyl halides is 5. The molecule has 7 atom stereocenters. The lowest BCUT2D eigenvalue weighted by atomic mass is 9.79. The molecule has 0 bridgehead atoms. The molecule has 0 saturated heterocycles. The minimum atomic E-state index is -2.81. The Balaban J connectivity index is 1.58. The van der Waals surface area contributed by atoms with Gasteiger partial charge < -0.3 is 5.32 Å². The van der Waals surface area contributed by atoms with Gasteiger partial charge in [-0.1, -0.05) is 19.3 Å². The SMILES string of the molecule is O=C(CC1C(F)C(F)C(F)C(F)C1F)N[C@H]1CCC2CCCCC21. The van der Waals surface area contributed by atoms with E-state index in [-0.39, 0.29) is 6.04 Å². The molecule has 138 valence electrons. The molecule has 3 aliphatic carbocycles. The number of halogens is 5. The maximum absolute atomic E-state index is 13.9. The van der Waals surface area contributed by atoms with Crippen LogP contribution in [-0.4, -0.2) is 42.8 Å². The van der Waals surface area contributed by atoms with E-state index in [2.05, 4.69) is 5.32 Å². The maximum Gasteiger partial charge on any atom is 0.220 e. The number of rotatable bonds is 3. The molecule has 0 heterocycles. The van der Waals surface area contributed by atoms with Crippen LogP contribution in [0.2, 0.25) is 0 Å². The summed E-state index contributed by atoms with van der Waals surface area (Å²) in [5, 5.41) is 2.80. The first-order chi connectivity index (χ1) is 11.4. The normalized spacial score (nSPS) is 48.8. The fraction of sp³-hybridized carbons (Fsp3) is 0.941. The van der Waals surface area contributed by atoms with Crippen LogP contribution in [0.5, 0.6) is 0 Å². The zero-order chi connectivity index (χ0) is 17.4. The zero-order valence-electron chi connectivity index (χ0n) is 13.4. The topological polar surface area (TPSA) is 29.1 Å². The summed E-state index contributed by atoms with van der Waals surface area (Å²) in [7, 11) is 0. The summed E-state index contributed by atoms with van der Waals surface area (Å²) in [6, 6.07) is -0.0289. The second-order valence-corrected chi connectivity index (χ2v) is 7.55. The molecular formula is C17H24F5NO. The highest BCUT2D eigenvalue weighted by molar-refractivity contribution is 5.76. The van der Waals surface area contributed by atoms with Crippen LogP contribution in [0.3, 0.4) is 0 Å². The molecule has 3 fully saturated rings. The zero-order valence-corrected chi connectivity index (χ0v) is 13.4. The van der Waals surface area contributed by atoms with Gasteiger partial charge in [0.25, 0.3) is 0 Å². The lowest BCUT2D eigenvalue weighted by Crippen LogP contribution is -2.54. The van der Waals surface area contributed by atoms with Gasteiger partial charge in [0, 0.05) is 18.4 Å². The van der Waals surface area contributed by atoms with Crippen LogP contribution < -0.4 is 5.32 Å². The van der Waals surface area contributed by atoms with E-state index in [1.807, 2.05) is 0 Å². The van der Waals surface area contributed by atoms with Gasteiger partial charge in [-0.3, -0.25) is 4.79 Å². The summed E-state index contributed by atoms with van der Waals surface area (Å²) in [6.45, 7) is 0. The third-order valence-corrected chi connectivity index (χ3v) is 6.14. The lowest BCUT2D eigenvalue weighted by Gasteiger charge is -2.36. The van der Waals surface area contributed by atoms with E-state index in [4.69, 9.17) is 0 Å². The third-order valence-electron chi connectivity index (χ3n) is 6.14. The van der Waals surface area contributed by atoms with E-state index in [9.17, 15) is 26.7 Å². The van der Waals surface area contributed by atoms with E-state index in [0.29, 0.717) is 11.8 Å². The van der Waals surface area contributed by atoms with Gasteiger partial charge in [0.1, 0.15) is 12.3 Å². The fourth-order valence-electron chi connectivity index (χ4n) is 4.79. The van der Waals surface area contributed by atoms with E-state index in [1.54, 1.807) is 0 Å². The predicted octanol–water partition coefficient (Wildman–Crippen LogP) is 3.78. The summed E-state index contributed by atoms with van der Waals surface area (Å²) in [5.41, 5.74) is 0. The van der Waals surface area contributed by atoms with Crippen molar-refractivity contribution in [3.63, 3.8) is 0 Å². The van der Waals surface area contributed by atoms with Gasteiger partial charge in [-0.15, -0.1) is 0 Å². The number of amides is 1. The monoisotopic (exact) mass is 353 g/mol. The van der Waals surface area contributed by atoms with Gasteiger partial charge in [0.2, 0.25) is 5.91 Å². The highest BCUT2D eigenvalue weighted by Gasteiger charge is 2.54. The quantitative estimate of drug-likeness (QED) is 0.769. The average Bonchev–Trinajstić information content (AvgIpc) is 2.98. The molecule has 3 rings (SSSR count). The summed E-state index contributed by atoms with van der Waals surface area (Å²) in [6.07, 6.45) is -7.58. The minimum Gasteiger partial charge on any atom is -0.353 e. The fourth-order valence-corrected chi connectivity index (χ4v) is 4.79. The Bertz CT molecular complexity index is 448. The van der Waals surface area contributed by atoms with Crippen molar-refractivity contribution in [2.75, 3.05) is 0 Å². The van der Waals surface area contributed by atoms with Crippen LogP contribution in [0.1, 0.15) is 44.9 Å². The van der Waals surface area contributed by atoms with Crippen LogP contribution in [0.15, 0.2) is 0 Å². The number of carbonyl (C=O) groups excluding carboxylic acids is 1. The van der Waals surface area contributed by atoms with Crippen molar-refractivity contribution in [2.45, 2.75) is 81.8 Å². The highest BCUT2D eigenvalue weighted by atomic mass is 19.2. The number of carbonyl (C=O) groups is 1. The van der Waals surface area contributed by atoms with Gasteiger partial charge in [-0.25, -0.2) is 22.0 Å². The molecule has 0 aliphatic heterocycles. The lowest BCUT2D eigenvalue weighted by molar-refractivity contribution is -0.130. The molecule has 7 heteroatoms. The van der Waals surface area contributed by atoms with Crippen LogP contribution >= 0.6 is 0 Å². The molecule has 0 aromatic carbocycles. The number of hydrogen-bond acceptors (Lipinski definition) is 1. The molecule has 3 aliphatic rings. The van der Waals surface area contributed by atoms with Gasteiger partial charge in [0.05, 0.1) is 0 Å². The Morgan fingerprint density at radius 3 is 2.04 bits per heavy atom. The minimum absolute atomic E-state index is 0.0289. The van der Waals surface area contributed by atoms with Crippen molar-refractivity contribution in [3.05, 3.63) is 0 Å². The Labute approximate surface area is 138 Å². The largest absolute Gasteiger partial charge is 0.353 e. The highest BCUT2D eigenvalue weighted by Crippen LogP contribution is 2.42. The van der Waals surface area contributed by atoms with Gasteiger partial charge >= 0.3 is 0 Å². The standard InChI is InChI=1S/C17H24F5NO/c18-13-10(14(19)16(21)17(22)15(13)20)7-12(24)23-11-6-5-8-3-1-2-4-9(8)11/h8-11,13-17H,1-7H2,(H,23,24)/t8?,9?,10?,11-,13?,14?,15?,16?,17?/m0/s1. The van der Waals surface area contributed by atoms with Gasteiger partial charge in [0.15, 0.2) is 18.5 Å². The van der Waals surface area contributed by atoms with Gasteiger partial charge in [-0.2, -0.15) is 0 Å². The maximum atomic E-state index is 13.9. The van der Waals surface area contributed by atoms with E-state index >= 15 is 0 Å². The van der Waals surface area contributed by atoms with Crippen LogP contribution in [0, 0.1) is 17.8 Å². The Morgan fingerprint density at radius 2 is 1.38 bits per heavy atom. The molecule has 0 aromatic rings. The summed E-state index contributed by atoms with van der Waals surface area (Å²) < 4.78 is 67.7. The smallest absolute Gasteiger partial charge is 0.220 e. The molecule has 3 saturated carbocycles. The van der Waals surface area contributed by atoms with Crippen LogP contribution in [0.4, 0.5) is 22.0 Å². The van der Waals surface area contributed by atoms with Gasteiger partial charge in [-0.05, 0) is 31.1 Å². The van der Waals surface area contributed by atoms with Crippen molar-refractivity contribution in [1.82, 2.24) is 5.32 Å². The average molecular weight is 353 g/mol. The predicted molar refractivity (Wildman–Crippen MR) is 79.2 cm³/mol. The molecule has 0 spiro atoms. The summed E-state index contributed by atoms with van der Waals surface area (Å²) >= 11 is 0. The van der Waals surface area contributed by atoms with E-state index in [0.717, 1.165) is 32.1 Å². The molecule has 2 nitrogen and oxygen atoms in total. The molecule has 1 N–H and O–H groups in total. The summed E-state index contributed by atoms with van der Waals surface area (Å²) in [4.78, 5) is 12.1. The third kappa shape index (κ3) is 3.27. The molecule has 6 unspecified atom stereocenters. The second-order valence-electron chi connectivity index (χ2n) is 7.55. The number of hydrogen-bond donors (Lipinski definition) is 1. The first-order valence-corrected chi connectivity index (χ1v) is 8.90. The molecule has 24 heavy (non-hydrogen) atoms. The first kappa shape index (κ1) is 17.9. The Morgan fingerprint density at radius 1 is 0.792 bits per heavy atom. The van der Waals surface area contributed by atoms with Crippen molar-refractivity contribution < 1.29 is 26.7 Å². The molecule has 0 radical (unpaired) electrons. The molecular weight excluding hydrogens is 329 g/mol. The van der Waals surface area contributed by atoms with Crippen LogP contribution in [0.25, 0.3) is 0 Å². The number of nitrogens with one attached hydrogen (secondary N) is 1. The van der Waals surface area contributed by atoms with Crippen molar-refractivity contribution >= 4 is 5.91 Å². The van der Waals surface area contributed by atoms with Crippen molar-refractivity contribution in [3.8, 4) is 0 Å².